The molecule has 0 saturated heterocycles. The maximum absolute atomic E-state index is 6.74. The predicted octanol–water partition coefficient (Wildman–Crippen LogP) is 14.9. The van der Waals surface area contributed by atoms with Gasteiger partial charge in [0, 0.05) is 27.8 Å². The van der Waals surface area contributed by atoms with Gasteiger partial charge < -0.3 is 9.32 Å². The number of furan rings is 1. The highest BCUT2D eigenvalue weighted by molar-refractivity contribution is 6.22. The fraction of sp³-hybridized carbons (Fsp3) is 0. The van der Waals surface area contributed by atoms with Crippen molar-refractivity contribution < 1.29 is 4.42 Å². The zero-order valence-electron chi connectivity index (χ0n) is 29.6. The van der Waals surface area contributed by atoms with Gasteiger partial charge in [-0.3, -0.25) is 0 Å². The molecule has 0 amide bonds. The molecule has 0 saturated carbocycles. The molecule has 0 atom stereocenters. The van der Waals surface area contributed by atoms with Gasteiger partial charge in [0.2, 0.25) is 0 Å². The van der Waals surface area contributed by atoms with Crippen LogP contribution in [0, 0.1) is 0 Å². The number of para-hydroxylation sites is 1. The molecule has 1 heterocycles. The number of anilines is 3. The van der Waals surface area contributed by atoms with Crippen LogP contribution in [0.5, 0.6) is 0 Å². The van der Waals surface area contributed by atoms with E-state index in [0.717, 1.165) is 50.1 Å². The molecule has 0 unspecified atom stereocenters. The van der Waals surface area contributed by atoms with Crippen molar-refractivity contribution in [1.82, 2.24) is 0 Å². The van der Waals surface area contributed by atoms with Gasteiger partial charge in [0.25, 0.3) is 0 Å². The number of nitrogens with zero attached hydrogens (tertiary/aromatic N) is 1. The molecule has 9 aromatic carbocycles. The first-order valence-corrected chi connectivity index (χ1v) is 18.4. The van der Waals surface area contributed by atoms with Crippen molar-refractivity contribution in [3.05, 3.63) is 212 Å². The van der Waals surface area contributed by atoms with Crippen molar-refractivity contribution in [2.45, 2.75) is 0 Å². The van der Waals surface area contributed by atoms with E-state index in [1.54, 1.807) is 0 Å². The lowest BCUT2D eigenvalue weighted by Gasteiger charge is -2.25. The zero-order valence-corrected chi connectivity index (χ0v) is 29.6. The van der Waals surface area contributed by atoms with E-state index in [-0.39, 0.29) is 0 Å². The van der Waals surface area contributed by atoms with Crippen LogP contribution in [0.15, 0.2) is 217 Å². The first-order valence-electron chi connectivity index (χ1n) is 18.4. The minimum atomic E-state index is 0.867. The van der Waals surface area contributed by atoms with Gasteiger partial charge in [-0.15, -0.1) is 0 Å². The Morgan fingerprint density at radius 2 is 0.741 bits per heavy atom. The van der Waals surface area contributed by atoms with Gasteiger partial charge in [0.15, 0.2) is 0 Å². The molecule has 1 aromatic heterocycles. The average Bonchev–Trinajstić information content (AvgIpc) is 3.63. The Morgan fingerprint density at radius 1 is 0.278 bits per heavy atom. The lowest BCUT2D eigenvalue weighted by atomic mass is 9.90. The van der Waals surface area contributed by atoms with Crippen molar-refractivity contribution >= 4 is 49.8 Å². The van der Waals surface area contributed by atoms with E-state index >= 15 is 0 Å². The predicted molar refractivity (Wildman–Crippen MR) is 228 cm³/mol. The van der Waals surface area contributed by atoms with Gasteiger partial charge in [-0.1, -0.05) is 146 Å². The summed E-state index contributed by atoms with van der Waals surface area (Å²) < 4.78 is 6.74. The molecule has 0 bridgehead atoms. The molecule has 2 nitrogen and oxygen atoms in total. The Balaban J connectivity index is 1.15. The summed E-state index contributed by atoms with van der Waals surface area (Å²) >= 11 is 0. The number of rotatable bonds is 7. The normalized spacial score (nSPS) is 11.3. The van der Waals surface area contributed by atoms with E-state index < -0.39 is 0 Å². The van der Waals surface area contributed by atoms with Crippen molar-refractivity contribution in [3.63, 3.8) is 0 Å². The van der Waals surface area contributed by atoms with Crippen molar-refractivity contribution in [2.75, 3.05) is 4.90 Å². The minimum Gasteiger partial charge on any atom is -0.456 e. The second-order valence-corrected chi connectivity index (χ2v) is 13.7. The maximum atomic E-state index is 6.74. The van der Waals surface area contributed by atoms with Gasteiger partial charge in [0.05, 0.1) is 0 Å². The highest BCUT2D eigenvalue weighted by Crippen LogP contribution is 2.44. The molecule has 10 rings (SSSR count). The highest BCUT2D eigenvalue weighted by Gasteiger charge is 2.19. The first-order chi connectivity index (χ1) is 26.8. The van der Waals surface area contributed by atoms with Crippen molar-refractivity contribution in [3.8, 4) is 44.5 Å². The Bertz CT molecular complexity index is 2840. The number of benzene rings is 9. The number of fused-ring (bicyclic) bond motifs is 5. The van der Waals surface area contributed by atoms with E-state index in [1.807, 2.05) is 0 Å². The first kappa shape index (κ1) is 31.6. The second-order valence-electron chi connectivity index (χ2n) is 13.7. The summed E-state index contributed by atoms with van der Waals surface area (Å²) in [7, 11) is 0. The van der Waals surface area contributed by atoms with E-state index in [1.165, 1.54) is 44.2 Å². The van der Waals surface area contributed by atoms with Gasteiger partial charge >= 0.3 is 0 Å². The molecule has 0 N–H and O–H groups in total. The third-order valence-corrected chi connectivity index (χ3v) is 10.4. The Hall–Kier alpha value is -7.16. The van der Waals surface area contributed by atoms with Crippen molar-refractivity contribution in [1.29, 1.82) is 0 Å². The molecule has 2 heteroatoms. The topological polar surface area (TPSA) is 16.4 Å². The van der Waals surface area contributed by atoms with Crippen LogP contribution in [-0.4, -0.2) is 0 Å². The Morgan fingerprint density at radius 3 is 1.35 bits per heavy atom. The van der Waals surface area contributed by atoms with Gasteiger partial charge in [-0.25, -0.2) is 0 Å². The Labute approximate surface area is 314 Å². The standard InChI is InChI=1S/C52H35NO/c1-5-15-36(16-6-1)39-25-27-44(28-26-39)53(43-21-11-4-12-22-43)45-29-30-50-49(34-45)52-47-24-14-13-23-46(47)48(35-51(52)54-50)42-32-40(37-17-7-2-8-18-37)31-41(33-42)38-19-9-3-10-20-38/h1-35H. The largest absolute Gasteiger partial charge is 0.456 e. The molecule has 10 aromatic rings. The fourth-order valence-corrected chi connectivity index (χ4v) is 7.84. The lowest BCUT2D eigenvalue weighted by molar-refractivity contribution is 0.669. The monoisotopic (exact) mass is 689 g/mol. The van der Waals surface area contributed by atoms with E-state index in [4.69, 9.17) is 4.42 Å². The lowest BCUT2D eigenvalue weighted by Crippen LogP contribution is -2.09. The highest BCUT2D eigenvalue weighted by atomic mass is 16.3. The quantitative estimate of drug-likeness (QED) is 0.166. The molecule has 54 heavy (non-hydrogen) atoms. The number of hydrogen-bond acceptors (Lipinski definition) is 2. The molecular weight excluding hydrogens is 655 g/mol. The van der Waals surface area contributed by atoms with Crippen LogP contribution in [0.2, 0.25) is 0 Å². The zero-order chi connectivity index (χ0) is 35.8. The van der Waals surface area contributed by atoms with Crippen molar-refractivity contribution in [2.24, 2.45) is 0 Å². The average molecular weight is 690 g/mol. The molecule has 0 aliphatic carbocycles. The van der Waals surface area contributed by atoms with Gasteiger partial charge in [0.1, 0.15) is 11.2 Å². The molecule has 0 aliphatic heterocycles. The van der Waals surface area contributed by atoms with E-state index in [2.05, 4.69) is 217 Å². The summed E-state index contributed by atoms with van der Waals surface area (Å²) in [5.74, 6) is 0. The Kier molecular flexibility index (Phi) is 7.85. The SMILES string of the molecule is c1ccc(-c2ccc(N(c3ccccc3)c3ccc4oc5cc(-c6cc(-c7ccccc7)cc(-c7ccccc7)c6)c6ccccc6c5c4c3)cc2)cc1. The van der Waals surface area contributed by atoms with Crippen LogP contribution in [0.4, 0.5) is 17.1 Å². The molecule has 254 valence electrons. The molecular formula is C52H35NO. The van der Waals surface area contributed by atoms with Crippen LogP contribution in [-0.2, 0) is 0 Å². The van der Waals surface area contributed by atoms with E-state index in [9.17, 15) is 0 Å². The summed E-state index contributed by atoms with van der Waals surface area (Å²) in [4.78, 5) is 2.32. The van der Waals surface area contributed by atoms with Crippen LogP contribution in [0.25, 0.3) is 77.2 Å². The summed E-state index contributed by atoms with van der Waals surface area (Å²) in [6.07, 6.45) is 0. The summed E-state index contributed by atoms with van der Waals surface area (Å²) in [6, 6.07) is 75.7. The second kappa shape index (κ2) is 13.4. The fourth-order valence-electron chi connectivity index (χ4n) is 7.84. The summed E-state index contributed by atoms with van der Waals surface area (Å²) in [5, 5.41) is 4.58. The minimum absolute atomic E-state index is 0.867. The van der Waals surface area contributed by atoms with Gasteiger partial charge in [-0.05, 0) is 122 Å². The third kappa shape index (κ3) is 5.71. The van der Waals surface area contributed by atoms with Crippen LogP contribution >= 0.6 is 0 Å². The smallest absolute Gasteiger partial charge is 0.136 e. The van der Waals surface area contributed by atoms with Crippen LogP contribution in [0.3, 0.4) is 0 Å². The van der Waals surface area contributed by atoms with Crippen LogP contribution in [0.1, 0.15) is 0 Å². The summed E-state index contributed by atoms with van der Waals surface area (Å²) in [5.41, 5.74) is 14.4. The third-order valence-electron chi connectivity index (χ3n) is 10.4. The maximum Gasteiger partial charge on any atom is 0.136 e. The molecule has 0 fully saturated rings. The number of hydrogen-bond donors (Lipinski definition) is 0. The molecule has 0 aliphatic rings. The summed E-state index contributed by atoms with van der Waals surface area (Å²) in [6.45, 7) is 0. The van der Waals surface area contributed by atoms with Crippen LogP contribution < -0.4 is 4.90 Å². The van der Waals surface area contributed by atoms with E-state index in [0.29, 0.717) is 0 Å². The molecule has 0 spiro atoms. The molecule has 0 radical (unpaired) electrons. The van der Waals surface area contributed by atoms with Gasteiger partial charge in [-0.2, -0.15) is 0 Å².